The fourth-order valence-corrected chi connectivity index (χ4v) is 1.56. The summed E-state index contributed by atoms with van der Waals surface area (Å²) in [6, 6.07) is 3.28. The van der Waals surface area contributed by atoms with Gasteiger partial charge in [0.25, 0.3) is 0 Å². The van der Waals surface area contributed by atoms with E-state index in [0.29, 0.717) is 19.5 Å². The van der Waals surface area contributed by atoms with Gasteiger partial charge in [-0.2, -0.15) is 0 Å². The largest absolute Gasteiger partial charge is 0.391 e. The van der Waals surface area contributed by atoms with Gasteiger partial charge in [0.2, 0.25) is 0 Å². The molecule has 1 aromatic rings. The maximum absolute atomic E-state index is 11.6. The fraction of sp³-hybridized carbons (Fsp3) is 0.400. The number of rotatable bonds is 1. The van der Waals surface area contributed by atoms with Gasteiger partial charge in [-0.1, -0.05) is 0 Å². The number of nitrogens with zero attached hydrogens (tertiary/aromatic N) is 2. The van der Waals surface area contributed by atoms with Crippen LogP contribution in [-0.2, 0) is 0 Å². The number of aromatic nitrogens is 1. The molecule has 0 radical (unpaired) electrons. The average molecular weight is 207 g/mol. The van der Waals surface area contributed by atoms with Gasteiger partial charge in [-0.3, -0.25) is 4.98 Å². The van der Waals surface area contributed by atoms with Crippen LogP contribution in [0.1, 0.15) is 6.42 Å². The maximum atomic E-state index is 11.6. The van der Waals surface area contributed by atoms with Crippen LogP contribution in [0.2, 0.25) is 0 Å². The molecule has 1 aliphatic rings. The van der Waals surface area contributed by atoms with Crippen molar-refractivity contribution in [1.29, 1.82) is 0 Å². The molecule has 2 amide bonds. The predicted molar refractivity (Wildman–Crippen MR) is 55.5 cm³/mol. The molecule has 0 aliphatic carbocycles. The van der Waals surface area contributed by atoms with Crippen LogP contribution in [0.4, 0.5) is 10.5 Å². The molecular weight excluding hydrogens is 194 g/mol. The number of carbonyl (C=O) groups is 1. The van der Waals surface area contributed by atoms with Gasteiger partial charge in [0, 0.05) is 31.2 Å². The minimum Gasteiger partial charge on any atom is -0.391 e. The highest BCUT2D eigenvalue weighted by atomic mass is 16.3. The summed E-state index contributed by atoms with van der Waals surface area (Å²) in [7, 11) is 0. The summed E-state index contributed by atoms with van der Waals surface area (Å²) in [5.74, 6) is 0. The molecule has 5 heteroatoms. The van der Waals surface area contributed by atoms with Crippen molar-refractivity contribution in [1.82, 2.24) is 9.88 Å². The van der Waals surface area contributed by atoms with Crippen molar-refractivity contribution < 1.29 is 9.90 Å². The SMILES string of the molecule is O=C(Nc1ccncc1)N1CC[C@H](O)C1. The number of aliphatic hydroxyl groups excluding tert-OH is 1. The molecule has 2 heterocycles. The molecule has 0 unspecified atom stereocenters. The van der Waals surface area contributed by atoms with E-state index in [1.54, 1.807) is 29.4 Å². The lowest BCUT2D eigenvalue weighted by Crippen LogP contribution is -2.33. The van der Waals surface area contributed by atoms with Crippen molar-refractivity contribution in [2.75, 3.05) is 18.4 Å². The minimum atomic E-state index is -0.381. The number of likely N-dealkylation sites (tertiary alicyclic amines) is 1. The molecule has 1 aromatic heterocycles. The van der Waals surface area contributed by atoms with E-state index in [0.717, 1.165) is 5.69 Å². The normalized spacial score (nSPS) is 20.3. The zero-order valence-electron chi connectivity index (χ0n) is 8.26. The van der Waals surface area contributed by atoms with Crippen LogP contribution in [0, 0.1) is 0 Å². The second kappa shape index (κ2) is 4.27. The number of urea groups is 1. The smallest absolute Gasteiger partial charge is 0.321 e. The van der Waals surface area contributed by atoms with Gasteiger partial charge in [-0.25, -0.2) is 4.79 Å². The maximum Gasteiger partial charge on any atom is 0.321 e. The number of pyridine rings is 1. The Labute approximate surface area is 87.7 Å². The first-order valence-electron chi connectivity index (χ1n) is 4.90. The van der Waals surface area contributed by atoms with Gasteiger partial charge in [0.15, 0.2) is 0 Å². The van der Waals surface area contributed by atoms with E-state index in [2.05, 4.69) is 10.3 Å². The molecule has 5 nitrogen and oxygen atoms in total. The van der Waals surface area contributed by atoms with E-state index in [1.165, 1.54) is 0 Å². The Kier molecular flexibility index (Phi) is 2.82. The second-order valence-electron chi connectivity index (χ2n) is 3.55. The molecule has 1 atom stereocenters. The average Bonchev–Trinajstić information content (AvgIpc) is 2.66. The molecule has 15 heavy (non-hydrogen) atoms. The van der Waals surface area contributed by atoms with Crippen molar-refractivity contribution >= 4 is 11.7 Å². The first-order valence-corrected chi connectivity index (χ1v) is 4.90. The third-order valence-electron chi connectivity index (χ3n) is 2.38. The lowest BCUT2D eigenvalue weighted by molar-refractivity contribution is 0.176. The van der Waals surface area contributed by atoms with Gasteiger partial charge in [-0.15, -0.1) is 0 Å². The number of nitrogens with one attached hydrogen (secondary N) is 1. The van der Waals surface area contributed by atoms with Crippen molar-refractivity contribution in [3.8, 4) is 0 Å². The van der Waals surface area contributed by atoms with Gasteiger partial charge < -0.3 is 15.3 Å². The molecule has 0 spiro atoms. The number of carbonyl (C=O) groups excluding carboxylic acids is 1. The Balaban J connectivity index is 1.93. The quantitative estimate of drug-likeness (QED) is 0.711. The van der Waals surface area contributed by atoms with E-state index in [9.17, 15) is 9.90 Å². The van der Waals surface area contributed by atoms with E-state index >= 15 is 0 Å². The molecular formula is C10H13N3O2. The summed E-state index contributed by atoms with van der Waals surface area (Å²) in [5.41, 5.74) is 0.719. The molecule has 2 rings (SSSR count). The minimum absolute atomic E-state index is 0.169. The van der Waals surface area contributed by atoms with Crippen molar-refractivity contribution in [2.45, 2.75) is 12.5 Å². The monoisotopic (exact) mass is 207 g/mol. The third-order valence-corrected chi connectivity index (χ3v) is 2.38. The number of β-amino-alcohol motifs (C(OH)–C–C–N with tert-alkyl or cyclic N) is 1. The summed E-state index contributed by atoms with van der Waals surface area (Å²) < 4.78 is 0. The number of hydrogen-bond acceptors (Lipinski definition) is 3. The Morgan fingerprint density at radius 1 is 1.53 bits per heavy atom. The van der Waals surface area contributed by atoms with E-state index in [4.69, 9.17) is 0 Å². The van der Waals surface area contributed by atoms with Crippen LogP contribution in [0.3, 0.4) is 0 Å². The second-order valence-corrected chi connectivity index (χ2v) is 3.55. The highest BCUT2D eigenvalue weighted by Crippen LogP contribution is 2.11. The molecule has 0 aromatic carbocycles. The van der Waals surface area contributed by atoms with E-state index in [-0.39, 0.29) is 12.1 Å². The Hall–Kier alpha value is -1.62. The fourth-order valence-electron chi connectivity index (χ4n) is 1.56. The highest BCUT2D eigenvalue weighted by molar-refractivity contribution is 5.89. The molecule has 0 saturated carbocycles. The number of aliphatic hydroxyl groups is 1. The summed E-state index contributed by atoms with van der Waals surface area (Å²) in [6.07, 6.45) is 3.51. The van der Waals surface area contributed by atoms with Gasteiger partial charge in [-0.05, 0) is 18.6 Å². The van der Waals surface area contributed by atoms with Gasteiger partial charge >= 0.3 is 6.03 Å². The molecule has 80 valence electrons. The van der Waals surface area contributed by atoms with Crippen LogP contribution in [0.5, 0.6) is 0 Å². The van der Waals surface area contributed by atoms with Crippen LogP contribution in [0.25, 0.3) is 0 Å². The number of amides is 2. The lowest BCUT2D eigenvalue weighted by Gasteiger charge is -2.16. The summed E-state index contributed by atoms with van der Waals surface area (Å²) >= 11 is 0. The Morgan fingerprint density at radius 3 is 2.87 bits per heavy atom. The molecule has 0 bridgehead atoms. The summed E-state index contributed by atoms with van der Waals surface area (Å²) in [4.78, 5) is 17.1. The topological polar surface area (TPSA) is 65.5 Å². The third kappa shape index (κ3) is 2.44. The Bertz CT molecular complexity index is 342. The summed E-state index contributed by atoms with van der Waals surface area (Å²) in [6.45, 7) is 1.02. The van der Waals surface area contributed by atoms with E-state index < -0.39 is 0 Å². The van der Waals surface area contributed by atoms with Crippen LogP contribution >= 0.6 is 0 Å². The van der Waals surface area contributed by atoms with Crippen LogP contribution in [0.15, 0.2) is 24.5 Å². The first kappa shape index (κ1) is 9.92. The first-order chi connectivity index (χ1) is 7.25. The Morgan fingerprint density at radius 2 is 2.27 bits per heavy atom. The van der Waals surface area contributed by atoms with Crippen molar-refractivity contribution in [2.24, 2.45) is 0 Å². The predicted octanol–water partition coefficient (Wildman–Crippen LogP) is 0.680. The molecule has 1 aliphatic heterocycles. The standard InChI is InChI=1S/C10H13N3O2/c14-9-3-6-13(7-9)10(15)12-8-1-4-11-5-2-8/h1-2,4-5,9,14H,3,6-7H2,(H,11,12,15)/t9-/m0/s1. The molecule has 2 N–H and O–H groups in total. The molecule has 1 saturated heterocycles. The van der Waals surface area contributed by atoms with Crippen molar-refractivity contribution in [3.05, 3.63) is 24.5 Å². The summed E-state index contributed by atoms with van der Waals surface area (Å²) in [5, 5.41) is 12.0. The van der Waals surface area contributed by atoms with Gasteiger partial charge in [0.05, 0.1) is 6.10 Å². The number of anilines is 1. The zero-order chi connectivity index (χ0) is 10.7. The number of hydrogen-bond donors (Lipinski definition) is 2. The van der Waals surface area contributed by atoms with Gasteiger partial charge in [0.1, 0.15) is 0 Å². The van der Waals surface area contributed by atoms with E-state index in [1.807, 2.05) is 0 Å². The molecule has 1 fully saturated rings. The zero-order valence-corrected chi connectivity index (χ0v) is 8.26. The highest BCUT2D eigenvalue weighted by Gasteiger charge is 2.24. The van der Waals surface area contributed by atoms with Crippen LogP contribution < -0.4 is 5.32 Å². The van der Waals surface area contributed by atoms with Crippen molar-refractivity contribution in [3.63, 3.8) is 0 Å². The van der Waals surface area contributed by atoms with Crippen LogP contribution in [-0.4, -0.2) is 40.2 Å². The lowest BCUT2D eigenvalue weighted by atomic mass is 10.3.